The molecule has 4 nitrogen and oxygen atoms in total. The number of hydrogen-bond acceptors (Lipinski definition) is 3. The monoisotopic (exact) mass is 269 g/mol. The van der Waals surface area contributed by atoms with Gasteiger partial charge < -0.3 is 15.1 Å². The average Bonchev–Trinajstić information content (AvgIpc) is 2.43. The maximum atomic E-state index is 12.9. The molecule has 4 heteroatoms. The van der Waals surface area contributed by atoms with Crippen molar-refractivity contribution in [1.29, 1.82) is 0 Å². The van der Waals surface area contributed by atoms with Crippen LogP contribution in [0.1, 0.15) is 39.5 Å². The molecule has 112 valence electrons. The number of rotatable bonds is 7. The van der Waals surface area contributed by atoms with E-state index in [4.69, 9.17) is 0 Å². The molecule has 1 N–H and O–H groups in total. The zero-order valence-electron chi connectivity index (χ0n) is 13.2. The highest BCUT2D eigenvalue weighted by molar-refractivity contribution is 5.83. The summed E-state index contributed by atoms with van der Waals surface area (Å²) in [6.07, 6.45) is 4.14. The molecule has 1 amide bonds. The van der Waals surface area contributed by atoms with E-state index in [1.165, 1.54) is 0 Å². The van der Waals surface area contributed by atoms with Crippen molar-refractivity contribution < 1.29 is 4.79 Å². The molecular formula is C15H31N3O. The van der Waals surface area contributed by atoms with Crippen molar-refractivity contribution in [2.24, 2.45) is 5.41 Å². The fraction of sp³-hybridized carbons (Fsp3) is 0.933. The third-order valence-corrected chi connectivity index (χ3v) is 4.20. The van der Waals surface area contributed by atoms with Gasteiger partial charge in [-0.15, -0.1) is 0 Å². The molecule has 1 aliphatic rings. The summed E-state index contributed by atoms with van der Waals surface area (Å²) in [6, 6.07) is 0. The van der Waals surface area contributed by atoms with Crippen molar-refractivity contribution in [2.75, 3.05) is 46.8 Å². The number of carbonyl (C=O) groups is 1. The van der Waals surface area contributed by atoms with E-state index in [1.54, 1.807) is 0 Å². The molecule has 1 heterocycles. The van der Waals surface area contributed by atoms with Crippen molar-refractivity contribution in [3.8, 4) is 0 Å². The minimum Gasteiger partial charge on any atom is -0.341 e. The Morgan fingerprint density at radius 3 is 2.42 bits per heavy atom. The van der Waals surface area contributed by atoms with Gasteiger partial charge >= 0.3 is 0 Å². The normalized spacial score (nSPS) is 23.6. The highest BCUT2D eigenvalue weighted by atomic mass is 16.2. The van der Waals surface area contributed by atoms with Crippen LogP contribution in [0.5, 0.6) is 0 Å². The summed E-state index contributed by atoms with van der Waals surface area (Å²) in [7, 11) is 4.12. The van der Waals surface area contributed by atoms with Gasteiger partial charge in [-0.2, -0.15) is 0 Å². The Morgan fingerprint density at radius 2 is 1.95 bits per heavy atom. The van der Waals surface area contributed by atoms with E-state index in [0.717, 1.165) is 58.4 Å². The summed E-state index contributed by atoms with van der Waals surface area (Å²) in [5.74, 6) is 0.367. The standard InChI is InChI=1S/C15H31N3O/c1-5-10-18(12-11-17(3)4)14(19)15(6-2)8-7-9-16-13-15/h16H,5-13H2,1-4H3. The lowest BCUT2D eigenvalue weighted by Crippen LogP contribution is -2.52. The molecule has 1 rings (SSSR count). The van der Waals surface area contributed by atoms with Gasteiger partial charge in [0.25, 0.3) is 0 Å². The van der Waals surface area contributed by atoms with Crippen LogP contribution in [-0.4, -0.2) is 62.5 Å². The van der Waals surface area contributed by atoms with Crippen molar-refractivity contribution >= 4 is 5.91 Å². The SMILES string of the molecule is CCCN(CCN(C)C)C(=O)C1(CC)CCCNC1. The van der Waals surface area contributed by atoms with Gasteiger partial charge in [0.15, 0.2) is 0 Å². The molecule has 0 spiro atoms. The Kier molecular flexibility index (Phi) is 6.80. The molecule has 0 aliphatic carbocycles. The van der Waals surface area contributed by atoms with Gasteiger partial charge in [0.05, 0.1) is 5.41 Å². The topological polar surface area (TPSA) is 35.6 Å². The molecule has 1 atom stereocenters. The zero-order chi connectivity index (χ0) is 14.3. The van der Waals surface area contributed by atoms with E-state index in [0.29, 0.717) is 5.91 Å². The molecule has 1 fully saturated rings. The quantitative estimate of drug-likeness (QED) is 0.762. The second kappa shape index (κ2) is 7.85. The van der Waals surface area contributed by atoms with Crippen molar-refractivity contribution in [1.82, 2.24) is 15.1 Å². The Labute approximate surface area is 118 Å². The van der Waals surface area contributed by atoms with E-state index in [-0.39, 0.29) is 5.41 Å². The van der Waals surface area contributed by atoms with Gasteiger partial charge in [0, 0.05) is 26.2 Å². The van der Waals surface area contributed by atoms with E-state index in [2.05, 4.69) is 43.1 Å². The van der Waals surface area contributed by atoms with Crippen LogP contribution in [0.4, 0.5) is 0 Å². The van der Waals surface area contributed by atoms with Crippen LogP contribution < -0.4 is 5.32 Å². The lowest BCUT2D eigenvalue weighted by Gasteiger charge is -2.40. The van der Waals surface area contributed by atoms with Crippen LogP contribution in [0.3, 0.4) is 0 Å². The van der Waals surface area contributed by atoms with Crippen LogP contribution in [0.15, 0.2) is 0 Å². The van der Waals surface area contributed by atoms with Crippen LogP contribution in [0.2, 0.25) is 0 Å². The Hall–Kier alpha value is -0.610. The fourth-order valence-electron chi connectivity index (χ4n) is 2.84. The minimum absolute atomic E-state index is 0.153. The number of piperidine rings is 1. The molecule has 1 aliphatic heterocycles. The average molecular weight is 269 g/mol. The fourth-order valence-corrected chi connectivity index (χ4v) is 2.84. The highest BCUT2D eigenvalue weighted by Gasteiger charge is 2.40. The van der Waals surface area contributed by atoms with Crippen LogP contribution in [0.25, 0.3) is 0 Å². The molecule has 0 bridgehead atoms. The van der Waals surface area contributed by atoms with E-state index >= 15 is 0 Å². The number of likely N-dealkylation sites (N-methyl/N-ethyl adjacent to an activating group) is 1. The second-order valence-electron chi connectivity index (χ2n) is 6.01. The molecule has 0 aromatic heterocycles. The van der Waals surface area contributed by atoms with Gasteiger partial charge in [-0.05, 0) is 46.3 Å². The number of carbonyl (C=O) groups excluding carboxylic acids is 1. The maximum Gasteiger partial charge on any atom is 0.230 e. The Morgan fingerprint density at radius 1 is 1.21 bits per heavy atom. The van der Waals surface area contributed by atoms with Crippen molar-refractivity contribution in [3.05, 3.63) is 0 Å². The van der Waals surface area contributed by atoms with Crippen molar-refractivity contribution in [3.63, 3.8) is 0 Å². The van der Waals surface area contributed by atoms with Gasteiger partial charge in [0.2, 0.25) is 5.91 Å². The second-order valence-corrected chi connectivity index (χ2v) is 6.01. The first-order valence-electron chi connectivity index (χ1n) is 7.70. The van der Waals surface area contributed by atoms with Crippen molar-refractivity contribution in [2.45, 2.75) is 39.5 Å². The lowest BCUT2D eigenvalue weighted by atomic mass is 9.77. The summed E-state index contributed by atoms with van der Waals surface area (Å²) < 4.78 is 0. The first kappa shape index (κ1) is 16.4. The van der Waals surface area contributed by atoms with E-state index in [1.807, 2.05) is 0 Å². The summed E-state index contributed by atoms with van der Waals surface area (Å²) in [6.45, 7) is 8.88. The van der Waals surface area contributed by atoms with Crippen LogP contribution in [-0.2, 0) is 4.79 Å². The largest absolute Gasteiger partial charge is 0.341 e. The van der Waals surface area contributed by atoms with E-state index < -0.39 is 0 Å². The third-order valence-electron chi connectivity index (χ3n) is 4.20. The Bertz CT molecular complexity index is 273. The smallest absolute Gasteiger partial charge is 0.230 e. The first-order chi connectivity index (χ1) is 9.05. The van der Waals surface area contributed by atoms with Gasteiger partial charge in [0.1, 0.15) is 0 Å². The highest BCUT2D eigenvalue weighted by Crippen LogP contribution is 2.32. The number of hydrogen-bond donors (Lipinski definition) is 1. The third kappa shape index (κ3) is 4.46. The molecular weight excluding hydrogens is 238 g/mol. The van der Waals surface area contributed by atoms with Gasteiger partial charge in [-0.3, -0.25) is 4.79 Å². The predicted molar refractivity (Wildman–Crippen MR) is 80.3 cm³/mol. The molecule has 0 aromatic carbocycles. The zero-order valence-corrected chi connectivity index (χ0v) is 13.2. The number of nitrogens with zero attached hydrogens (tertiary/aromatic N) is 2. The van der Waals surface area contributed by atoms with Gasteiger partial charge in [-0.25, -0.2) is 0 Å². The summed E-state index contributed by atoms with van der Waals surface area (Å²) in [5, 5.41) is 3.41. The molecule has 1 saturated heterocycles. The minimum atomic E-state index is -0.153. The number of amides is 1. The summed E-state index contributed by atoms with van der Waals surface area (Å²) >= 11 is 0. The summed E-state index contributed by atoms with van der Waals surface area (Å²) in [5.41, 5.74) is -0.153. The maximum absolute atomic E-state index is 12.9. The van der Waals surface area contributed by atoms with E-state index in [9.17, 15) is 4.79 Å². The molecule has 0 aromatic rings. The Balaban J connectivity index is 2.72. The molecule has 0 radical (unpaired) electrons. The van der Waals surface area contributed by atoms with Crippen LogP contribution in [0, 0.1) is 5.41 Å². The molecule has 19 heavy (non-hydrogen) atoms. The lowest BCUT2D eigenvalue weighted by molar-refractivity contribution is -0.143. The first-order valence-corrected chi connectivity index (χ1v) is 7.70. The van der Waals surface area contributed by atoms with Gasteiger partial charge in [-0.1, -0.05) is 13.8 Å². The molecule has 0 saturated carbocycles. The molecule has 1 unspecified atom stereocenters. The number of nitrogens with one attached hydrogen (secondary N) is 1. The predicted octanol–water partition coefficient (Wildman–Crippen LogP) is 1.57. The van der Waals surface area contributed by atoms with Crippen LogP contribution >= 0.6 is 0 Å². The summed E-state index contributed by atoms with van der Waals surface area (Å²) in [4.78, 5) is 17.1.